The average Bonchev–Trinajstić information content (AvgIpc) is 3.07. The van der Waals surface area contributed by atoms with E-state index in [1.54, 1.807) is 36.6 Å². The Morgan fingerprint density at radius 3 is 2.33 bits per heavy atom. The summed E-state index contributed by atoms with van der Waals surface area (Å²) in [5, 5.41) is 10.9. The summed E-state index contributed by atoms with van der Waals surface area (Å²) < 4.78 is 46.9. The van der Waals surface area contributed by atoms with Gasteiger partial charge in [-0.15, -0.1) is 0 Å². The summed E-state index contributed by atoms with van der Waals surface area (Å²) in [6.45, 7) is 5.91. The SMILES string of the molecule is CCCCCCCCCCOc1ccc(S(=O)(=O)c2cnc3ccc([S+](C)[O-])cc3c2N2CCC(N3CCCC(O)C3)CC2)cc1. The van der Waals surface area contributed by atoms with Crippen molar-refractivity contribution in [3.05, 3.63) is 48.7 Å². The molecule has 10 heteroatoms. The second-order valence-corrected chi connectivity index (χ2v) is 16.2. The summed E-state index contributed by atoms with van der Waals surface area (Å²) in [6.07, 6.45) is 16.3. The summed E-state index contributed by atoms with van der Waals surface area (Å²) in [5.74, 6) is 0.665. The molecule has 2 aliphatic heterocycles. The van der Waals surface area contributed by atoms with Gasteiger partial charge < -0.3 is 19.3 Å². The molecule has 0 saturated carbocycles. The maximum Gasteiger partial charge on any atom is 0.210 e. The zero-order valence-corrected chi connectivity index (χ0v) is 29.2. The Labute approximate surface area is 278 Å². The Kier molecular flexibility index (Phi) is 12.6. The van der Waals surface area contributed by atoms with Crippen molar-refractivity contribution >= 4 is 37.6 Å². The van der Waals surface area contributed by atoms with Gasteiger partial charge in [0.25, 0.3) is 0 Å². The smallest absolute Gasteiger partial charge is 0.210 e. The van der Waals surface area contributed by atoms with Crippen molar-refractivity contribution in [3.8, 4) is 5.75 Å². The Morgan fingerprint density at radius 1 is 0.957 bits per heavy atom. The fourth-order valence-corrected chi connectivity index (χ4v) is 8.86. The molecule has 252 valence electrons. The third-order valence-electron chi connectivity index (χ3n) is 9.52. The van der Waals surface area contributed by atoms with E-state index in [1.807, 2.05) is 12.1 Å². The van der Waals surface area contributed by atoms with Gasteiger partial charge in [0.15, 0.2) is 4.90 Å². The van der Waals surface area contributed by atoms with Crippen LogP contribution in [-0.2, 0) is 21.0 Å². The van der Waals surface area contributed by atoms with Gasteiger partial charge in [0.2, 0.25) is 9.84 Å². The average molecular weight is 670 g/mol. The molecule has 5 rings (SSSR count). The van der Waals surface area contributed by atoms with Crippen LogP contribution in [0, 0.1) is 0 Å². The molecule has 0 amide bonds. The molecule has 3 aromatic rings. The van der Waals surface area contributed by atoms with Crippen molar-refractivity contribution in [2.45, 2.75) is 111 Å². The van der Waals surface area contributed by atoms with Gasteiger partial charge in [-0.1, -0.05) is 51.9 Å². The Bertz CT molecular complexity index is 1510. The first-order chi connectivity index (χ1) is 22.3. The lowest BCUT2D eigenvalue weighted by atomic mass is 9.98. The van der Waals surface area contributed by atoms with E-state index in [0.717, 1.165) is 45.1 Å². The van der Waals surface area contributed by atoms with E-state index < -0.39 is 21.0 Å². The summed E-state index contributed by atoms with van der Waals surface area (Å²) in [7, 11) is -3.92. The van der Waals surface area contributed by atoms with Crippen molar-refractivity contribution in [1.29, 1.82) is 0 Å². The van der Waals surface area contributed by atoms with Crippen LogP contribution in [0.25, 0.3) is 10.9 Å². The number of benzene rings is 2. The third kappa shape index (κ3) is 8.75. The largest absolute Gasteiger partial charge is 0.612 e. The van der Waals surface area contributed by atoms with Crippen LogP contribution in [0.2, 0.25) is 0 Å². The van der Waals surface area contributed by atoms with Crippen LogP contribution in [0.1, 0.15) is 84.0 Å². The minimum Gasteiger partial charge on any atom is -0.612 e. The summed E-state index contributed by atoms with van der Waals surface area (Å²) in [4.78, 5) is 10.1. The lowest BCUT2D eigenvalue weighted by Gasteiger charge is -2.42. The van der Waals surface area contributed by atoms with Crippen LogP contribution in [0.4, 0.5) is 5.69 Å². The van der Waals surface area contributed by atoms with Crippen LogP contribution >= 0.6 is 0 Å². The number of fused-ring (bicyclic) bond motifs is 1. The number of aliphatic hydroxyl groups is 1. The second-order valence-electron chi connectivity index (χ2n) is 12.9. The lowest BCUT2D eigenvalue weighted by molar-refractivity contribution is 0.0398. The molecule has 0 bridgehead atoms. The second kappa shape index (κ2) is 16.6. The van der Waals surface area contributed by atoms with Crippen LogP contribution < -0.4 is 9.64 Å². The van der Waals surface area contributed by atoms with Crippen molar-refractivity contribution < 1.29 is 22.8 Å². The summed E-state index contributed by atoms with van der Waals surface area (Å²) in [5.41, 5.74) is 1.30. The topological polar surface area (TPSA) is 106 Å². The number of aromatic nitrogens is 1. The lowest BCUT2D eigenvalue weighted by Crippen LogP contribution is -2.49. The number of sulfone groups is 1. The molecule has 2 aromatic carbocycles. The third-order valence-corrected chi connectivity index (χ3v) is 12.2. The van der Waals surface area contributed by atoms with Gasteiger partial charge in [-0.2, -0.15) is 0 Å². The minimum atomic E-state index is -3.92. The normalized spacial score (nSPS) is 19.0. The van der Waals surface area contributed by atoms with Crippen LogP contribution in [0.15, 0.2) is 63.3 Å². The zero-order chi connectivity index (χ0) is 32.5. The van der Waals surface area contributed by atoms with Gasteiger partial charge in [-0.3, -0.25) is 9.88 Å². The molecule has 1 aromatic heterocycles. The molecule has 0 aliphatic carbocycles. The first-order valence-corrected chi connectivity index (χ1v) is 20.2. The highest BCUT2D eigenvalue weighted by molar-refractivity contribution is 7.91. The molecular formula is C36H51N3O5S2. The van der Waals surface area contributed by atoms with Crippen LogP contribution in [-0.4, -0.2) is 79.1 Å². The number of rotatable bonds is 15. The van der Waals surface area contributed by atoms with Gasteiger partial charge in [-0.25, -0.2) is 8.42 Å². The summed E-state index contributed by atoms with van der Waals surface area (Å²) >= 11 is -1.22. The van der Waals surface area contributed by atoms with Gasteiger partial charge in [0.05, 0.1) is 28.8 Å². The van der Waals surface area contributed by atoms with E-state index in [2.05, 4.69) is 21.7 Å². The first-order valence-electron chi connectivity index (χ1n) is 17.2. The number of likely N-dealkylation sites (tertiary alicyclic amines) is 1. The van der Waals surface area contributed by atoms with E-state index in [4.69, 9.17) is 4.74 Å². The van der Waals surface area contributed by atoms with E-state index in [0.29, 0.717) is 59.5 Å². The highest BCUT2D eigenvalue weighted by Crippen LogP contribution is 2.39. The molecule has 8 nitrogen and oxygen atoms in total. The molecule has 0 spiro atoms. The molecule has 2 atom stereocenters. The van der Waals surface area contributed by atoms with Crippen molar-refractivity contribution in [3.63, 3.8) is 0 Å². The van der Waals surface area contributed by atoms with Gasteiger partial charge in [0, 0.05) is 43.3 Å². The van der Waals surface area contributed by atoms with E-state index in [9.17, 15) is 18.1 Å². The van der Waals surface area contributed by atoms with Gasteiger partial charge >= 0.3 is 0 Å². The molecule has 2 unspecified atom stereocenters. The number of aliphatic hydroxyl groups excluding tert-OH is 1. The van der Waals surface area contributed by atoms with Gasteiger partial charge in [-0.05, 0) is 86.2 Å². The highest BCUT2D eigenvalue weighted by Gasteiger charge is 2.32. The van der Waals surface area contributed by atoms with Crippen molar-refractivity contribution in [2.75, 3.05) is 43.9 Å². The van der Waals surface area contributed by atoms with Crippen LogP contribution in [0.3, 0.4) is 0 Å². The molecule has 2 saturated heterocycles. The predicted molar refractivity (Wildman–Crippen MR) is 186 cm³/mol. The highest BCUT2D eigenvalue weighted by atomic mass is 32.2. The van der Waals surface area contributed by atoms with Gasteiger partial charge in [0.1, 0.15) is 16.9 Å². The number of piperidine rings is 2. The fourth-order valence-electron chi connectivity index (χ4n) is 6.88. The quantitative estimate of drug-likeness (QED) is 0.140. The number of nitrogens with zero attached hydrogens (tertiary/aromatic N) is 3. The van der Waals surface area contributed by atoms with Crippen molar-refractivity contribution in [1.82, 2.24) is 9.88 Å². The molecular weight excluding hydrogens is 619 g/mol. The van der Waals surface area contributed by atoms with E-state index in [-0.39, 0.29) is 15.9 Å². The number of hydrogen-bond acceptors (Lipinski definition) is 8. The summed E-state index contributed by atoms with van der Waals surface area (Å²) in [6, 6.07) is 12.5. The fraction of sp³-hybridized carbons (Fsp3) is 0.583. The molecule has 3 heterocycles. The predicted octanol–water partition coefficient (Wildman–Crippen LogP) is 6.75. The van der Waals surface area contributed by atoms with E-state index in [1.165, 1.54) is 44.7 Å². The Balaban J connectivity index is 1.32. The van der Waals surface area contributed by atoms with E-state index >= 15 is 0 Å². The Hall–Kier alpha value is -2.37. The standard InChI is InChI=1S/C36H51N3O5S2/c1-3-4-5-6-7-8-9-10-24-44-30-13-16-32(17-14-30)46(42,43)35-26-37-34-18-15-31(45(2)41)25-33(34)36(35)38-22-19-28(20-23-38)39-21-11-12-29(40)27-39/h13-18,25-26,28-29,40H,3-12,19-24,27H2,1-2H3. The molecule has 46 heavy (non-hydrogen) atoms. The number of ether oxygens (including phenoxy) is 1. The monoisotopic (exact) mass is 669 g/mol. The number of pyridine rings is 1. The van der Waals surface area contributed by atoms with Crippen molar-refractivity contribution in [2.24, 2.45) is 0 Å². The number of anilines is 1. The first kappa shape index (κ1) is 35.0. The number of β-amino-alcohol motifs (C(OH)–C–C–N with tert-alkyl or cyclic N) is 1. The van der Waals surface area contributed by atoms with Crippen LogP contribution in [0.5, 0.6) is 5.75 Å². The molecule has 2 fully saturated rings. The maximum atomic E-state index is 14.2. The maximum absolute atomic E-state index is 14.2. The number of hydrogen-bond donors (Lipinski definition) is 1. The minimum absolute atomic E-state index is 0.165. The molecule has 0 radical (unpaired) electrons. The number of unbranched alkanes of at least 4 members (excludes halogenated alkanes) is 7. The zero-order valence-electron chi connectivity index (χ0n) is 27.5. The molecule has 2 aliphatic rings. The molecule has 1 N–H and O–H groups in total. The Morgan fingerprint density at radius 2 is 1.65 bits per heavy atom.